The molecule has 0 aliphatic rings. The van der Waals surface area contributed by atoms with Gasteiger partial charge in [-0.1, -0.05) is 0 Å². The van der Waals surface area contributed by atoms with E-state index >= 15 is 0 Å². The van der Waals surface area contributed by atoms with Crippen molar-refractivity contribution in [3.8, 4) is 0 Å². The molecule has 1 rings (SSSR count). The lowest BCUT2D eigenvalue weighted by Crippen LogP contribution is -2.75. The molecule has 38 heavy (non-hydrogen) atoms. The maximum Gasteiger partial charge on any atom is 0.460 e. The first kappa shape index (κ1) is 32.9. The molecule has 1 amide bonds. The molecule has 0 spiro atoms. The zero-order valence-corrected chi connectivity index (χ0v) is 16.7. The predicted octanol–water partition coefficient (Wildman–Crippen LogP) is 6.68. The van der Waals surface area contributed by atoms with E-state index in [1.807, 2.05) is 0 Å². The Morgan fingerprint density at radius 3 is 1.39 bits per heavy atom. The average molecular weight is 602 g/mol. The second-order valence-corrected chi connectivity index (χ2v) is 6.90. The molecule has 0 unspecified atom stereocenters. The molecule has 0 aromatic heterocycles. The molecule has 1 aromatic carbocycles. The minimum Gasteiger partial charge on any atom is -0.320 e. The van der Waals surface area contributed by atoms with Crippen LogP contribution in [0.5, 0.6) is 0 Å². The molecule has 0 saturated heterocycles. The van der Waals surface area contributed by atoms with E-state index in [1.165, 1.54) is 0 Å². The monoisotopic (exact) mass is 602 g/mol. The highest BCUT2D eigenvalue weighted by Crippen LogP contribution is 2.64. The summed E-state index contributed by atoms with van der Waals surface area (Å²) in [5.74, 6) is -64.9. The van der Waals surface area contributed by atoms with Gasteiger partial charge >= 0.3 is 59.2 Å². The molecule has 1 aromatic rings. The molecule has 5 nitrogen and oxygen atoms in total. The molecule has 0 aliphatic carbocycles. The van der Waals surface area contributed by atoms with Crippen molar-refractivity contribution in [3.63, 3.8) is 0 Å². The summed E-state index contributed by atoms with van der Waals surface area (Å²) in [5, 5.41) is 10.9. The maximum atomic E-state index is 13.8. The van der Waals surface area contributed by atoms with E-state index in [9.17, 15) is 93.9 Å². The highest BCUT2D eigenvalue weighted by molar-refractivity contribution is 5.97. The summed E-state index contributed by atoms with van der Waals surface area (Å²) in [6, 6.07) is -0.243. The summed E-state index contributed by atoms with van der Waals surface area (Å²) in [6.45, 7) is 0. The van der Waals surface area contributed by atoms with Crippen LogP contribution in [0.4, 0.5) is 90.4 Å². The minimum absolute atomic E-state index is 0.0315. The van der Waals surface area contributed by atoms with Crippen molar-refractivity contribution < 1.29 is 88.7 Å². The Balaban J connectivity index is 3.60. The fraction of sp³-hybridized carbons (Fsp3) is 0.533. The molecule has 0 radical (unpaired) electrons. The van der Waals surface area contributed by atoms with Crippen LogP contribution in [0.25, 0.3) is 0 Å². The molecule has 0 bridgehead atoms. The number of rotatable bonds is 9. The van der Waals surface area contributed by atoms with Crippen molar-refractivity contribution in [2.24, 2.45) is 0 Å². The number of alkyl halides is 17. The third-order valence-electron chi connectivity index (χ3n) is 4.41. The van der Waals surface area contributed by atoms with Gasteiger partial charge in [-0.3, -0.25) is 14.9 Å². The number of benzene rings is 1. The van der Waals surface area contributed by atoms with Crippen molar-refractivity contribution in [1.29, 1.82) is 0 Å². The molecule has 0 fully saturated rings. The Morgan fingerprint density at radius 1 is 0.658 bits per heavy atom. The van der Waals surface area contributed by atoms with Crippen LogP contribution in [-0.2, 0) is 4.79 Å². The number of carbonyl (C=O) groups excluding carboxylic acids is 1. The van der Waals surface area contributed by atoms with Crippen LogP contribution in [-0.4, -0.2) is 58.5 Å². The van der Waals surface area contributed by atoms with Gasteiger partial charge in [0.25, 0.3) is 0 Å². The topological polar surface area (TPSA) is 72.2 Å². The van der Waals surface area contributed by atoms with Crippen LogP contribution in [0.15, 0.2) is 18.2 Å². The van der Waals surface area contributed by atoms with Crippen LogP contribution in [0.3, 0.4) is 0 Å². The summed E-state index contributed by atoms with van der Waals surface area (Å²) in [6.07, 6.45) is -7.91. The van der Waals surface area contributed by atoms with Crippen LogP contribution >= 0.6 is 0 Å². The summed E-state index contributed by atoms with van der Waals surface area (Å²) in [7, 11) is 0. The van der Waals surface area contributed by atoms with Crippen molar-refractivity contribution in [3.05, 3.63) is 34.1 Å². The van der Waals surface area contributed by atoms with Gasteiger partial charge in [-0.25, -0.2) is 0 Å². The van der Waals surface area contributed by atoms with Gasteiger partial charge in [0.05, 0.1) is 4.92 Å². The van der Waals surface area contributed by atoms with Gasteiger partial charge in [-0.05, 0) is 12.1 Å². The van der Waals surface area contributed by atoms with E-state index in [1.54, 1.807) is 0 Å². The number of nitro benzene ring substituents is 1. The van der Waals surface area contributed by atoms with Crippen LogP contribution in [0, 0.1) is 15.9 Å². The zero-order valence-electron chi connectivity index (χ0n) is 16.7. The second kappa shape index (κ2) is 8.95. The first-order valence-electron chi connectivity index (χ1n) is 8.43. The number of nitrogens with one attached hydrogen (secondary N) is 1. The molecule has 0 saturated carbocycles. The van der Waals surface area contributed by atoms with Gasteiger partial charge in [0.1, 0.15) is 0 Å². The standard InChI is InChI=1S/C15H4F18N2O3/c16-5-2-1-4(3-6(5)35(37)38)34-7(36)8(17,18)9(19,20)10(21,22)11(23,24)12(25,26)13(27,28)14(29,30)15(31,32)33/h1-3H,(H,34,36). The average Bonchev–Trinajstić information content (AvgIpc) is 2.72. The SMILES string of the molecule is O=C(Nc1ccc(F)c([N+](=O)[O-])c1)C(F)(F)C(F)(F)C(F)(F)C(F)(F)C(F)(F)C(F)(F)C(F)(F)C(F)(F)F. The number of hydrogen-bond acceptors (Lipinski definition) is 3. The largest absolute Gasteiger partial charge is 0.460 e. The fourth-order valence-electron chi connectivity index (χ4n) is 2.25. The van der Waals surface area contributed by atoms with Gasteiger partial charge in [0, 0.05) is 11.8 Å². The Hall–Kier alpha value is -3.17. The van der Waals surface area contributed by atoms with Gasteiger partial charge in [0.15, 0.2) is 0 Å². The first-order valence-corrected chi connectivity index (χ1v) is 8.43. The third-order valence-corrected chi connectivity index (χ3v) is 4.41. The summed E-state index contributed by atoms with van der Waals surface area (Å²) >= 11 is 0. The van der Waals surface area contributed by atoms with Gasteiger partial charge in [-0.15, -0.1) is 0 Å². The van der Waals surface area contributed by atoms with E-state index in [0.717, 1.165) is 0 Å². The van der Waals surface area contributed by atoms with Crippen molar-refractivity contribution in [2.75, 3.05) is 5.32 Å². The Morgan fingerprint density at radius 2 is 1.03 bits per heavy atom. The number of hydrogen-bond donors (Lipinski definition) is 1. The molecule has 0 heterocycles. The number of amides is 1. The summed E-state index contributed by atoms with van der Waals surface area (Å²) in [4.78, 5) is 20.2. The third kappa shape index (κ3) is 4.41. The predicted molar refractivity (Wildman–Crippen MR) is 82.4 cm³/mol. The Bertz CT molecular complexity index is 1100. The van der Waals surface area contributed by atoms with Gasteiger partial charge in [0.2, 0.25) is 5.82 Å². The number of halogens is 18. The number of nitrogens with zero attached hydrogens (tertiary/aromatic N) is 1. The maximum absolute atomic E-state index is 13.8. The highest BCUT2D eigenvalue weighted by atomic mass is 19.4. The van der Waals surface area contributed by atoms with Gasteiger partial charge in [-0.2, -0.15) is 79.0 Å². The second-order valence-electron chi connectivity index (χ2n) is 6.90. The molecule has 0 aliphatic heterocycles. The molecule has 0 atom stereocenters. The lowest BCUT2D eigenvalue weighted by Gasteiger charge is -2.42. The number of carbonyl (C=O) groups is 1. The lowest BCUT2D eigenvalue weighted by atomic mass is 9.89. The van der Waals surface area contributed by atoms with Crippen molar-refractivity contribution in [2.45, 2.75) is 47.6 Å². The Kier molecular flexibility index (Phi) is 7.74. The van der Waals surface area contributed by atoms with E-state index in [2.05, 4.69) is 0 Å². The Labute approximate surface area is 194 Å². The number of nitro groups is 1. The zero-order chi connectivity index (χ0) is 30.7. The molecule has 218 valence electrons. The smallest absolute Gasteiger partial charge is 0.320 e. The van der Waals surface area contributed by atoms with Crippen LogP contribution in [0.1, 0.15) is 0 Å². The van der Waals surface area contributed by atoms with Crippen LogP contribution < -0.4 is 5.32 Å². The summed E-state index contributed by atoms with van der Waals surface area (Å²) in [5.41, 5.74) is -3.24. The van der Waals surface area contributed by atoms with Crippen molar-refractivity contribution >= 4 is 17.3 Å². The quantitative estimate of drug-likeness (QED) is 0.195. The highest BCUT2D eigenvalue weighted by Gasteiger charge is 2.95. The van der Waals surface area contributed by atoms with E-state index in [4.69, 9.17) is 0 Å². The lowest BCUT2D eigenvalue weighted by molar-refractivity contribution is -0.459. The van der Waals surface area contributed by atoms with Gasteiger partial charge < -0.3 is 5.32 Å². The molecule has 23 heteroatoms. The molecular weight excluding hydrogens is 598 g/mol. The van der Waals surface area contributed by atoms with E-state index < -0.39 is 75.7 Å². The van der Waals surface area contributed by atoms with Crippen molar-refractivity contribution in [1.82, 2.24) is 0 Å². The fourth-order valence-corrected chi connectivity index (χ4v) is 2.25. The first-order chi connectivity index (χ1) is 16.5. The van der Waals surface area contributed by atoms with Crippen LogP contribution in [0.2, 0.25) is 0 Å². The summed E-state index contributed by atoms with van der Waals surface area (Å²) < 4.78 is 237. The number of anilines is 1. The van der Waals surface area contributed by atoms with E-state index in [0.29, 0.717) is 5.32 Å². The normalized spacial score (nSPS) is 14.9. The minimum atomic E-state index is -8.87. The molecule has 1 N–H and O–H groups in total. The van der Waals surface area contributed by atoms with E-state index in [-0.39, 0.29) is 18.2 Å². The molecular formula is C15H4F18N2O3.